The first-order valence-electron chi connectivity index (χ1n) is 3.96. The van der Waals surface area contributed by atoms with Gasteiger partial charge in [0.25, 0.3) is 0 Å². The Labute approximate surface area is 84.5 Å². The van der Waals surface area contributed by atoms with Gasteiger partial charge in [-0.15, -0.1) is 0 Å². The maximum Gasteiger partial charge on any atom is 0.136 e. The van der Waals surface area contributed by atoms with E-state index in [4.69, 9.17) is 0 Å². The second-order valence-electron chi connectivity index (χ2n) is 2.97. The Kier molecular flexibility index (Phi) is 2.32. The van der Waals surface area contributed by atoms with Crippen LogP contribution >= 0.6 is 22.6 Å². The molecule has 3 heteroatoms. The van der Waals surface area contributed by atoms with Crippen LogP contribution in [0.5, 0.6) is 0 Å². The van der Waals surface area contributed by atoms with E-state index in [1.54, 1.807) is 6.07 Å². The Hall–Kier alpha value is -0.160. The van der Waals surface area contributed by atoms with E-state index < -0.39 is 0 Å². The molecular weight excluding hydrogens is 268 g/mol. The fourth-order valence-corrected chi connectivity index (χ4v) is 1.64. The van der Waals surface area contributed by atoms with Crippen molar-refractivity contribution in [2.24, 2.45) is 0 Å². The summed E-state index contributed by atoms with van der Waals surface area (Å²) in [6.07, 6.45) is 1.13. The lowest BCUT2D eigenvalue weighted by atomic mass is 9.98. The third kappa shape index (κ3) is 1.47. The SMILES string of the molecule is Fc1cc([C@@H]2CCN2)ccc1I. The monoisotopic (exact) mass is 277 g/mol. The Morgan fingerprint density at radius 3 is 2.75 bits per heavy atom. The third-order valence-corrected chi connectivity index (χ3v) is 3.04. The van der Waals surface area contributed by atoms with Crippen LogP contribution in [0.25, 0.3) is 0 Å². The molecule has 0 aromatic heterocycles. The van der Waals surface area contributed by atoms with Gasteiger partial charge in [-0.05, 0) is 53.3 Å². The molecule has 1 atom stereocenters. The summed E-state index contributed by atoms with van der Waals surface area (Å²) in [5, 5.41) is 3.24. The van der Waals surface area contributed by atoms with Crippen molar-refractivity contribution in [2.75, 3.05) is 6.54 Å². The van der Waals surface area contributed by atoms with Crippen molar-refractivity contribution in [3.63, 3.8) is 0 Å². The highest BCUT2D eigenvalue weighted by molar-refractivity contribution is 14.1. The van der Waals surface area contributed by atoms with E-state index in [-0.39, 0.29) is 5.82 Å². The molecule has 0 bridgehead atoms. The number of hydrogen-bond donors (Lipinski definition) is 1. The molecule has 1 aromatic rings. The first-order chi connectivity index (χ1) is 5.77. The van der Waals surface area contributed by atoms with Crippen molar-refractivity contribution in [1.82, 2.24) is 5.32 Å². The van der Waals surface area contributed by atoms with Crippen molar-refractivity contribution in [2.45, 2.75) is 12.5 Å². The molecule has 1 fully saturated rings. The zero-order valence-electron chi connectivity index (χ0n) is 6.48. The molecule has 1 aliphatic rings. The van der Waals surface area contributed by atoms with Gasteiger partial charge >= 0.3 is 0 Å². The van der Waals surface area contributed by atoms with Crippen LogP contribution < -0.4 is 5.32 Å². The molecule has 0 spiro atoms. The molecule has 64 valence electrons. The van der Waals surface area contributed by atoms with Crippen molar-refractivity contribution >= 4 is 22.6 Å². The van der Waals surface area contributed by atoms with Crippen LogP contribution in [0, 0.1) is 9.39 Å². The second kappa shape index (κ2) is 3.30. The summed E-state index contributed by atoms with van der Waals surface area (Å²) in [5.74, 6) is -0.109. The van der Waals surface area contributed by atoms with Gasteiger partial charge in [0.05, 0.1) is 0 Å². The lowest BCUT2D eigenvalue weighted by Gasteiger charge is -2.28. The molecule has 0 amide bonds. The number of benzene rings is 1. The molecule has 0 aliphatic carbocycles. The summed E-state index contributed by atoms with van der Waals surface area (Å²) < 4.78 is 13.8. The molecule has 1 aliphatic heterocycles. The summed E-state index contributed by atoms with van der Waals surface area (Å²) in [5.41, 5.74) is 1.07. The zero-order valence-corrected chi connectivity index (χ0v) is 8.64. The van der Waals surface area contributed by atoms with Crippen LogP contribution in [0.4, 0.5) is 4.39 Å². The minimum absolute atomic E-state index is 0.109. The fraction of sp³-hybridized carbons (Fsp3) is 0.333. The van der Waals surface area contributed by atoms with Gasteiger partial charge in [-0.25, -0.2) is 4.39 Å². The Balaban J connectivity index is 2.27. The molecule has 2 rings (SSSR count). The van der Waals surface area contributed by atoms with Crippen LogP contribution in [-0.4, -0.2) is 6.54 Å². The normalized spacial score (nSPS) is 22.0. The molecule has 1 aromatic carbocycles. The predicted molar refractivity (Wildman–Crippen MR) is 54.5 cm³/mol. The van der Waals surface area contributed by atoms with Crippen molar-refractivity contribution < 1.29 is 4.39 Å². The molecule has 0 radical (unpaired) electrons. The molecule has 1 saturated heterocycles. The average molecular weight is 277 g/mol. The lowest BCUT2D eigenvalue weighted by molar-refractivity contribution is 0.381. The van der Waals surface area contributed by atoms with Gasteiger partial charge in [0.15, 0.2) is 0 Å². The lowest BCUT2D eigenvalue weighted by Crippen LogP contribution is -2.34. The minimum Gasteiger partial charge on any atom is -0.310 e. The number of halogens is 2. The fourth-order valence-electron chi connectivity index (χ4n) is 1.30. The molecule has 1 nitrogen and oxygen atoms in total. The first kappa shape index (κ1) is 8.44. The number of hydrogen-bond acceptors (Lipinski definition) is 1. The predicted octanol–water partition coefficient (Wildman–Crippen LogP) is 2.46. The Morgan fingerprint density at radius 1 is 1.50 bits per heavy atom. The highest BCUT2D eigenvalue weighted by Crippen LogP contribution is 2.24. The van der Waals surface area contributed by atoms with Gasteiger partial charge in [-0.1, -0.05) is 6.07 Å². The van der Waals surface area contributed by atoms with E-state index in [1.807, 2.05) is 34.7 Å². The maximum atomic E-state index is 13.1. The summed E-state index contributed by atoms with van der Waals surface area (Å²) >= 11 is 2.00. The summed E-state index contributed by atoms with van der Waals surface area (Å²) in [6, 6.07) is 5.82. The van der Waals surface area contributed by atoms with Crippen LogP contribution in [0.1, 0.15) is 18.0 Å². The van der Waals surface area contributed by atoms with Crippen molar-refractivity contribution in [1.29, 1.82) is 0 Å². The summed E-state index contributed by atoms with van der Waals surface area (Å²) in [4.78, 5) is 0. The first-order valence-corrected chi connectivity index (χ1v) is 5.03. The van der Waals surface area contributed by atoms with E-state index in [2.05, 4.69) is 5.32 Å². The maximum absolute atomic E-state index is 13.1. The largest absolute Gasteiger partial charge is 0.310 e. The summed E-state index contributed by atoms with van der Waals surface area (Å²) in [7, 11) is 0. The van der Waals surface area contributed by atoms with Crippen LogP contribution in [0.2, 0.25) is 0 Å². The Morgan fingerprint density at radius 2 is 2.25 bits per heavy atom. The molecule has 0 saturated carbocycles. The number of nitrogens with one attached hydrogen (secondary N) is 1. The Bertz CT molecular complexity index is 297. The van der Waals surface area contributed by atoms with Gasteiger partial charge < -0.3 is 5.32 Å². The second-order valence-corrected chi connectivity index (χ2v) is 4.13. The van der Waals surface area contributed by atoms with E-state index in [0.717, 1.165) is 18.5 Å². The van der Waals surface area contributed by atoms with Crippen molar-refractivity contribution in [3.05, 3.63) is 33.1 Å². The van der Waals surface area contributed by atoms with Crippen LogP contribution in [0.15, 0.2) is 18.2 Å². The standard InChI is InChI=1S/C9H9FIN/c10-7-5-6(1-2-8(7)11)9-3-4-12-9/h1-2,5,9,12H,3-4H2/t9-/m0/s1. The van der Waals surface area contributed by atoms with Gasteiger partial charge in [0.2, 0.25) is 0 Å². The highest BCUT2D eigenvalue weighted by atomic mass is 127. The quantitative estimate of drug-likeness (QED) is 0.777. The van der Waals surface area contributed by atoms with Crippen LogP contribution in [-0.2, 0) is 0 Å². The van der Waals surface area contributed by atoms with E-state index in [0.29, 0.717) is 9.61 Å². The number of rotatable bonds is 1. The minimum atomic E-state index is -0.109. The van der Waals surface area contributed by atoms with Gasteiger partial charge in [-0.2, -0.15) is 0 Å². The smallest absolute Gasteiger partial charge is 0.136 e. The average Bonchev–Trinajstić information content (AvgIpc) is 1.93. The molecule has 12 heavy (non-hydrogen) atoms. The molecule has 0 unspecified atom stereocenters. The highest BCUT2D eigenvalue weighted by Gasteiger charge is 2.18. The molecular formula is C9H9FIN. The van der Waals surface area contributed by atoms with Crippen molar-refractivity contribution in [3.8, 4) is 0 Å². The van der Waals surface area contributed by atoms with Gasteiger partial charge in [-0.3, -0.25) is 0 Å². The third-order valence-electron chi connectivity index (χ3n) is 2.17. The molecule has 1 heterocycles. The van der Waals surface area contributed by atoms with E-state index in [1.165, 1.54) is 0 Å². The van der Waals surface area contributed by atoms with Crippen LogP contribution in [0.3, 0.4) is 0 Å². The van der Waals surface area contributed by atoms with Gasteiger partial charge in [0.1, 0.15) is 5.82 Å². The molecule has 1 N–H and O–H groups in total. The zero-order chi connectivity index (χ0) is 8.55. The summed E-state index contributed by atoms with van der Waals surface area (Å²) in [6.45, 7) is 1.05. The topological polar surface area (TPSA) is 12.0 Å². The van der Waals surface area contributed by atoms with E-state index >= 15 is 0 Å². The van der Waals surface area contributed by atoms with Gasteiger partial charge in [0, 0.05) is 9.61 Å². The van der Waals surface area contributed by atoms with E-state index in [9.17, 15) is 4.39 Å².